The number of hydrogen-bond acceptors (Lipinski definition) is 11. The third kappa shape index (κ3) is 20.0. The van der Waals surface area contributed by atoms with E-state index in [1.807, 2.05) is 56.3 Å². The van der Waals surface area contributed by atoms with Gasteiger partial charge in [0, 0.05) is 24.7 Å². The van der Waals surface area contributed by atoms with Crippen LogP contribution in [0.15, 0.2) is 72.8 Å². The summed E-state index contributed by atoms with van der Waals surface area (Å²) >= 11 is 0. The minimum absolute atomic E-state index is 0.0185. The summed E-state index contributed by atoms with van der Waals surface area (Å²) in [6.45, 7) is 18.1. The van der Waals surface area contributed by atoms with Gasteiger partial charge >= 0.3 is 5.97 Å². The van der Waals surface area contributed by atoms with Gasteiger partial charge in [-0.25, -0.2) is 4.79 Å². The molecular formula is C51H72N4O11. The number of benzene rings is 3. The van der Waals surface area contributed by atoms with E-state index in [9.17, 15) is 34.2 Å². The molecule has 0 aromatic heterocycles. The SMILES string of the molecule is CC(C)C[C@H](NC(=O)[C@@H](O)[C@H](N)Cc1ccccc1)C(=O)NCCOCCOCCOCC(=O)NCCCOc1cc(C=CC(=O)c2cc(C(C)(C)C)cc(C(C)(C)C)c2)ccc1C(=O)O. The van der Waals surface area contributed by atoms with Crippen LogP contribution in [0.25, 0.3) is 6.08 Å². The summed E-state index contributed by atoms with van der Waals surface area (Å²) in [5.74, 6) is -2.48. The topological polar surface area (TPSA) is 225 Å². The summed E-state index contributed by atoms with van der Waals surface area (Å²) in [6, 6.07) is 18.2. The van der Waals surface area contributed by atoms with Crippen LogP contribution in [0.3, 0.4) is 0 Å². The molecule has 66 heavy (non-hydrogen) atoms. The second-order valence-corrected chi connectivity index (χ2v) is 18.7. The molecule has 0 radical (unpaired) electrons. The van der Waals surface area contributed by atoms with Crippen molar-refractivity contribution in [1.82, 2.24) is 16.0 Å². The molecule has 0 fully saturated rings. The fraction of sp³-hybridized carbons (Fsp3) is 0.510. The Kier molecular flexibility index (Phi) is 22.7. The first kappa shape index (κ1) is 54.9. The number of carboxylic acid groups (broad SMARTS) is 1. The quantitative estimate of drug-likeness (QED) is 0.0307. The van der Waals surface area contributed by atoms with Crippen LogP contribution in [0.2, 0.25) is 0 Å². The number of aromatic carboxylic acids is 1. The number of carbonyl (C=O) groups excluding carboxylic acids is 4. The molecule has 0 aliphatic rings. The zero-order valence-corrected chi connectivity index (χ0v) is 39.9. The second-order valence-electron chi connectivity index (χ2n) is 18.7. The molecule has 7 N–H and O–H groups in total. The number of nitrogens with two attached hydrogens (primary N) is 1. The fourth-order valence-corrected chi connectivity index (χ4v) is 6.50. The molecule has 3 aromatic rings. The lowest BCUT2D eigenvalue weighted by Crippen LogP contribution is -2.54. The van der Waals surface area contributed by atoms with Crippen molar-refractivity contribution in [2.45, 2.75) is 104 Å². The van der Waals surface area contributed by atoms with E-state index in [-0.39, 0.29) is 105 Å². The summed E-state index contributed by atoms with van der Waals surface area (Å²) in [4.78, 5) is 63.1. The van der Waals surface area contributed by atoms with Crippen LogP contribution in [0, 0.1) is 5.92 Å². The van der Waals surface area contributed by atoms with Crippen molar-refractivity contribution < 1.29 is 53.1 Å². The summed E-state index contributed by atoms with van der Waals surface area (Å²) in [5, 5.41) is 28.4. The van der Waals surface area contributed by atoms with Gasteiger partial charge in [0.1, 0.15) is 30.1 Å². The lowest BCUT2D eigenvalue weighted by Gasteiger charge is -2.25. The number of ether oxygens (including phenoxy) is 4. The molecule has 0 aliphatic heterocycles. The first-order valence-electron chi connectivity index (χ1n) is 22.6. The molecule has 0 spiro atoms. The highest BCUT2D eigenvalue weighted by Gasteiger charge is 2.29. The number of ketones is 1. The van der Waals surface area contributed by atoms with E-state index in [4.69, 9.17) is 24.7 Å². The van der Waals surface area contributed by atoms with Crippen LogP contribution in [-0.2, 0) is 45.8 Å². The van der Waals surface area contributed by atoms with Crippen molar-refractivity contribution in [3.8, 4) is 5.75 Å². The summed E-state index contributed by atoms with van der Waals surface area (Å²) in [6.07, 6.45) is 2.72. The zero-order valence-electron chi connectivity index (χ0n) is 39.9. The van der Waals surface area contributed by atoms with Crippen molar-refractivity contribution >= 4 is 35.6 Å². The number of carbonyl (C=O) groups is 5. The van der Waals surface area contributed by atoms with Gasteiger partial charge in [0.15, 0.2) is 5.78 Å². The van der Waals surface area contributed by atoms with Gasteiger partial charge in [-0.1, -0.05) is 104 Å². The first-order chi connectivity index (χ1) is 31.1. The Morgan fingerprint density at radius 2 is 1.36 bits per heavy atom. The molecule has 0 aliphatic carbocycles. The van der Waals surface area contributed by atoms with Crippen molar-refractivity contribution in [1.29, 1.82) is 0 Å². The number of aliphatic hydroxyl groups is 1. The van der Waals surface area contributed by atoms with Gasteiger partial charge in [-0.15, -0.1) is 0 Å². The lowest BCUT2D eigenvalue weighted by molar-refractivity contribution is -0.135. The molecule has 3 rings (SSSR count). The molecule has 15 heteroatoms. The third-order valence-corrected chi connectivity index (χ3v) is 10.4. The minimum Gasteiger partial charge on any atom is -0.493 e. The predicted molar refractivity (Wildman–Crippen MR) is 255 cm³/mol. The summed E-state index contributed by atoms with van der Waals surface area (Å²) in [7, 11) is 0. The number of aliphatic hydroxyl groups excluding tert-OH is 1. The maximum atomic E-state index is 13.3. The average Bonchev–Trinajstić information content (AvgIpc) is 3.25. The van der Waals surface area contributed by atoms with E-state index in [0.717, 1.165) is 16.7 Å². The van der Waals surface area contributed by atoms with Crippen LogP contribution >= 0.6 is 0 Å². The van der Waals surface area contributed by atoms with Gasteiger partial charge in [-0.05, 0) is 88.6 Å². The van der Waals surface area contributed by atoms with Crippen LogP contribution in [0.5, 0.6) is 5.75 Å². The molecule has 3 amide bonds. The lowest BCUT2D eigenvalue weighted by atomic mass is 9.79. The van der Waals surface area contributed by atoms with Gasteiger partial charge in [-0.2, -0.15) is 0 Å². The van der Waals surface area contributed by atoms with Crippen molar-refractivity contribution in [2.75, 3.05) is 59.3 Å². The van der Waals surface area contributed by atoms with E-state index in [1.165, 1.54) is 12.1 Å². The maximum Gasteiger partial charge on any atom is 0.339 e. The number of rotatable bonds is 28. The van der Waals surface area contributed by atoms with E-state index in [2.05, 4.69) is 63.6 Å². The van der Waals surface area contributed by atoms with Gasteiger partial charge in [0.2, 0.25) is 11.8 Å². The zero-order chi connectivity index (χ0) is 48.9. The Morgan fingerprint density at radius 1 is 0.742 bits per heavy atom. The van der Waals surface area contributed by atoms with Crippen LogP contribution in [0.4, 0.5) is 0 Å². The Hall–Kier alpha value is -5.45. The van der Waals surface area contributed by atoms with Crippen molar-refractivity contribution in [3.63, 3.8) is 0 Å². The number of allylic oxidation sites excluding steroid dienone is 1. The Morgan fingerprint density at radius 3 is 1.97 bits per heavy atom. The maximum absolute atomic E-state index is 13.3. The van der Waals surface area contributed by atoms with Crippen LogP contribution in [-0.4, -0.2) is 117 Å². The Labute approximate surface area is 390 Å². The number of hydrogen-bond donors (Lipinski definition) is 6. The molecule has 0 saturated heterocycles. The van der Waals surface area contributed by atoms with Crippen LogP contribution < -0.4 is 26.4 Å². The van der Waals surface area contributed by atoms with E-state index in [0.29, 0.717) is 30.4 Å². The average molecular weight is 917 g/mol. The van der Waals surface area contributed by atoms with Gasteiger partial charge in [0.25, 0.3) is 5.91 Å². The number of carboxylic acids is 1. The van der Waals surface area contributed by atoms with Gasteiger partial charge in [0.05, 0.1) is 39.6 Å². The number of nitrogens with one attached hydrogen (secondary N) is 3. The number of amides is 3. The molecular weight excluding hydrogens is 845 g/mol. The molecule has 0 bridgehead atoms. The summed E-state index contributed by atoms with van der Waals surface area (Å²) in [5.41, 5.74) is 9.99. The molecule has 3 atom stereocenters. The Bertz CT molecular complexity index is 2030. The fourth-order valence-electron chi connectivity index (χ4n) is 6.50. The summed E-state index contributed by atoms with van der Waals surface area (Å²) < 4.78 is 22.2. The third-order valence-electron chi connectivity index (χ3n) is 10.4. The van der Waals surface area contributed by atoms with Crippen molar-refractivity contribution in [3.05, 3.63) is 106 Å². The molecule has 3 aromatic carbocycles. The normalized spacial score (nSPS) is 13.3. The molecule has 0 unspecified atom stereocenters. The highest BCUT2D eigenvalue weighted by Crippen LogP contribution is 2.31. The van der Waals surface area contributed by atoms with Gasteiger partial charge < -0.3 is 50.8 Å². The van der Waals surface area contributed by atoms with E-state index < -0.39 is 30.1 Å². The highest BCUT2D eigenvalue weighted by atomic mass is 16.5. The molecule has 0 saturated carbocycles. The first-order valence-corrected chi connectivity index (χ1v) is 22.6. The predicted octanol–water partition coefficient (Wildman–Crippen LogP) is 5.39. The van der Waals surface area contributed by atoms with Gasteiger partial charge in [-0.3, -0.25) is 19.2 Å². The second kappa shape index (κ2) is 27.3. The highest BCUT2D eigenvalue weighted by molar-refractivity contribution is 6.07. The minimum atomic E-state index is -1.48. The van der Waals surface area contributed by atoms with E-state index >= 15 is 0 Å². The standard InChI is InChI=1S/C51H72N4O11/c1-34(2)27-42(55-48(60)46(58)41(52)28-35-13-10-9-11-14-35)47(59)54-20-22-63-23-24-64-25-26-65-33-45(57)53-19-12-21-66-44-29-36(15-17-40(44)49(61)62)16-18-43(56)37-30-38(50(3,4)5)32-39(31-37)51(6,7)8/h9-11,13-18,29-32,34,41-42,46,58H,12,19-28,33,52H2,1-8H3,(H,53,57)(H,54,59)(H,55,60)(H,61,62)/t41-,42+,46+/m1/s1. The molecule has 15 nitrogen and oxygen atoms in total. The molecule has 362 valence electrons. The smallest absolute Gasteiger partial charge is 0.339 e. The molecule has 0 heterocycles. The largest absolute Gasteiger partial charge is 0.493 e. The van der Waals surface area contributed by atoms with Crippen molar-refractivity contribution in [2.24, 2.45) is 11.7 Å². The monoisotopic (exact) mass is 917 g/mol. The van der Waals surface area contributed by atoms with Crippen LogP contribution in [0.1, 0.15) is 111 Å². The van der Waals surface area contributed by atoms with E-state index in [1.54, 1.807) is 18.2 Å². The Balaban J connectivity index is 1.29.